The molecule has 4 heteroatoms. The molecule has 2 N–H and O–H groups in total. The molecule has 0 spiro atoms. The Kier molecular flexibility index (Phi) is 4.10. The van der Waals surface area contributed by atoms with Crippen LogP contribution in [0.25, 0.3) is 0 Å². The van der Waals surface area contributed by atoms with Gasteiger partial charge in [-0.3, -0.25) is 0 Å². The Bertz CT molecular complexity index is 424. The van der Waals surface area contributed by atoms with E-state index in [1.165, 1.54) is 6.26 Å². The van der Waals surface area contributed by atoms with Crippen molar-refractivity contribution in [2.45, 2.75) is 25.3 Å². The molecule has 0 saturated heterocycles. The van der Waals surface area contributed by atoms with Crippen LogP contribution in [0, 0.1) is 0 Å². The first-order chi connectivity index (χ1) is 7.31. The van der Waals surface area contributed by atoms with E-state index in [0.29, 0.717) is 12.8 Å². The van der Waals surface area contributed by atoms with E-state index < -0.39 is 15.4 Å². The molecule has 0 heterocycles. The molecule has 1 rings (SSSR count). The molecule has 0 aliphatic heterocycles. The second-order valence-corrected chi connectivity index (χ2v) is 6.78. The molecule has 0 radical (unpaired) electrons. The lowest BCUT2D eigenvalue weighted by atomic mass is 9.89. The largest absolute Gasteiger partial charge is 0.322 e. The van der Waals surface area contributed by atoms with Crippen LogP contribution in [0.3, 0.4) is 0 Å². The van der Waals surface area contributed by atoms with E-state index in [0.717, 1.165) is 5.56 Å². The van der Waals surface area contributed by atoms with Gasteiger partial charge in [-0.05, 0) is 25.3 Å². The quantitative estimate of drug-likeness (QED) is 0.853. The summed E-state index contributed by atoms with van der Waals surface area (Å²) in [5, 5.41) is 0. The van der Waals surface area contributed by atoms with Gasteiger partial charge in [0.1, 0.15) is 9.84 Å². The molecule has 1 unspecified atom stereocenters. The maximum absolute atomic E-state index is 11.0. The molecule has 0 bridgehead atoms. The summed E-state index contributed by atoms with van der Waals surface area (Å²) in [6.07, 6.45) is 2.52. The number of rotatable bonds is 5. The first-order valence-electron chi connectivity index (χ1n) is 5.33. The van der Waals surface area contributed by atoms with Gasteiger partial charge >= 0.3 is 0 Å². The molecular weight excluding hydrogens is 222 g/mol. The SMILES string of the molecule is CC(N)(CCCS(C)(=O)=O)c1ccccc1. The summed E-state index contributed by atoms with van der Waals surface area (Å²) in [7, 11) is -2.88. The number of nitrogens with two attached hydrogens (primary N) is 1. The molecule has 0 aliphatic carbocycles. The van der Waals surface area contributed by atoms with Crippen molar-refractivity contribution in [2.75, 3.05) is 12.0 Å². The minimum Gasteiger partial charge on any atom is -0.322 e. The van der Waals surface area contributed by atoms with Crippen molar-refractivity contribution in [1.82, 2.24) is 0 Å². The third-order valence-electron chi connectivity index (χ3n) is 2.64. The topological polar surface area (TPSA) is 60.2 Å². The fourth-order valence-electron chi connectivity index (χ4n) is 1.66. The summed E-state index contributed by atoms with van der Waals surface area (Å²) >= 11 is 0. The number of hydrogen-bond acceptors (Lipinski definition) is 3. The minimum atomic E-state index is -2.88. The van der Waals surface area contributed by atoms with Crippen LogP contribution in [-0.4, -0.2) is 20.4 Å². The molecule has 0 aliphatic rings. The lowest BCUT2D eigenvalue weighted by Crippen LogP contribution is -2.33. The van der Waals surface area contributed by atoms with Gasteiger partial charge in [0.25, 0.3) is 0 Å². The first kappa shape index (κ1) is 13.2. The molecule has 16 heavy (non-hydrogen) atoms. The van der Waals surface area contributed by atoms with Crippen LogP contribution in [0.15, 0.2) is 30.3 Å². The van der Waals surface area contributed by atoms with Gasteiger partial charge < -0.3 is 5.73 Å². The Balaban J connectivity index is 2.59. The Hall–Kier alpha value is -0.870. The first-order valence-corrected chi connectivity index (χ1v) is 7.39. The number of hydrogen-bond donors (Lipinski definition) is 1. The third kappa shape index (κ3) is 4.33. The Morgan fingerprint density at radius 1 is 1.25 bits per heavy atom. The van der Waals surface area contributed by atoms with Crippen LogP contribution in [-0.2, 0) is 15.4 Å². The maximum atomic E-state index is 11.0. The highest BCUT2D eigenvalue weighted by Gasteiger charge is 2.20. The van der Waals surface area contributed by atoms with Gasteiger partial charge in [0.05, 0.1) is 0 Å². The maximum Gasteiger partial charge on any atom is 0.147 e. The van der Waals surface area contributed by atoms with Crippen molar-refractivity contribution >= 4 is 9.84 Å². The average Bonchev–Trinajstić information content (AvgIpc) is 2.17. The second-order valence-electron chi connectivity index (χ2n) is 4.52. The molecule has 0 amide bonds. The van der Waals surface area contributed by atoms with Gasteiger partial charge in [0.2, 0.25) is 0 Å². The summed E-state index contributed by atoms with van der Waals surface area (Å²) in [6, 6.07) is 9.77. The predicted molar refractivity (Wildman–Crippen MR) is 66.9 cm³/mol. The summed E-state index contributed by atoms with van der Waals surface area (Å²) in [5.74, 6) is 0.201. The highest BCUT2D eigenvalue weighted by Crippen LogP contribution is 2.22. The predicted octanol–water partition coefficient (Wildman–Crippen LogP) is 1.69. The molecule has 3 nitrogen and oxygen atoms in total. The molecule has 0 saturated carbocycles. The molecular formula is C12H19NO2S. The van der Waals surface area contributed by atoms with Crippen molar-refractivity contribution in [3.05, 3.63) is 35.9 Å². The third-order valence-corrected chi connectivity index (χ3v) is 3.67. The fourth-order valence-corrected chi connectivity index (χ4v) is 2.33. The molecule has 0 fully saturated rings. The summed E-state index contributed by atoms with van der Waals surface area (Å²) in [5.41, 5.74) is 6.77. The van der Waals surface area contributed by atoms with E-state index in [-0.39, 0.29) is 5.75 Å². The van der Waals surface area contributed by atoms with Crippen LogP contribution in [0.1, 0.15) is 25.3 Å². The molecule has 1 atom stereocenters. The van der Waals surface area contributed by atoms with Gasteiger partial charge in [-0.1, -0.05) is 30.3 Å². The van der Waals surface area contributed by atoms with Gasteiger partial charge in [-0.15, -0.1) is 0 Å². The van der Waals surface area contributed by atoms with Crippen molar-refractivity contribution < 1.29 is 8.42 Å². The summed E-state index contributed by atoms with van der Waals surface area (Å²) in [4.78, 5) is 0. The molecule has 0 aromatic heterocycles. The van der Waals surface area contributed by atoms with Crippen molar-refractivity contribution in [3.8, 4) is 0 Å². The van der Waals surface area contributed by atoms with E-state index in [2.05, 4.69) is 0 Å². The van der Waals surface area contributed by atoms with Gasteiger partial charge in [0, 0.05) is 17.5 Å². The summed E-state index contributed by atoms with van der Waals surface area (Å²) in [6.45, 7) is 1.94. The van der Waals surface area contributed by atoms with E-state index >= 15 is 0 Å². The summed E-state index contributed by atoms with van der Waals surface area (Å²) < 4.78 is 22.0. The van der Waals surface area contributed by atoms with E-state index in [4.69, 9.17) is 5.73 Å². The average molecular weight is 241 g/mol. The lowest BCUT2D eigenvalue weighted by Gasteiger charge is -2.25. The van der Waals surface area contributed by atoms with Gasteiger partial charge in [0.15, 0.2) is 0 Å². The molecule has 1 aromatic rings. The zero-order valence-corrected chi connectivity index (χ0v) is 10.6. The van der Waals surface area contributed by atoms with Crippen molar-refractivity contribution in [3.63, 3.8) is 0 Å². The normalized spacial score (nSPS) is 15.7. The lowest BCUT2D eigenvalue weighted by molar-refractivity contribution is 0.446. The zero-order chi connectivity index (χ0) is 12.2. The van der Waals surface area contributed by atoms with Crippen LogP contribution < -0.4 is 5.73 Å². The highest BCUT2D eigenvalue weighted by molar-refractivity contribution is 7.90. The highest BCUT2D eigenvalue weighted by atomic mass is 32.2. The van der Waals surface area contributed by atoms with Crippen LogP contribution in [0.4, 0.5) is 0 Å². The fraction of sp³-hybridized carbons (Fsp3) is 0.500. The van der Waals surface area contributed by atoms with Crippen LogP contribution in [0.5, 0.6) is 0 Å². The van der Waals surface area contributed by atoms with E-state index in [1.54, 1.807) is 0 Å². The standard InChI is InChI=1S/C12H19NO2S/c1-12(13,9-6-10-16(2,14)15)11-7-4-3-5-8-11/h3-5,7-8H,6,9-10,13H2,1-2H3. The molecule has 1 aromatic carbocycles. The van der Waals surface area contributed by atoms with E-state index in [9.17, 15) is 8.42 Å². The van der Waals surface area contributed by atoms with Crippen molar-refractivity contribution in [1.29, 1.82) is 0 Å². The number of benzene rings is 1. The second kappa shape index (κ2) is 4.97. The Morgan fingerprint density at radius 2 is 1.81 bits per heavy atom. The number of sulfone groups is 1. The Labute approximate surface area is 97.6 Å². The van der Waals surface area contributed by atoms with E-state index in [1.807, 2.05) is 37.3 Å². The Morgan fingerprint density at radius 3 is 2.31 bits per heavy atom. The van der Waals surface area contributed by atoms with Gasteiger partial charge in [-0.25, -0.2) is 8.42 Å². The van der Waals surface area contributed by atoms with Crippen LogP contribution in [0.2, 0.25) is 0 Å². The minimum absolute atomic E-state index is 0.201. The van der Waals surface area contributed by atoms with Crippen LogP contribution >= 0.6 is 0 Å². The smallest absolute Gasteiger partial charge is 0.147 e. The zero-order valence-electron chi connectivity index (χ0n) is 9.81. The monoisotopic (exact) mass is 241 g/mol. The van der Waals surface area contributed by atoms with Crippen molar-refractivity contribution in [2.24, 2.45) is 5.73 Å². The van der Waals surface area contributed by atoms with Gasteiger partial charge in [-0.2, -0.15) is 0 Å². The molecule has 90 valence electrons.